The first-order valence-electron chi connectivity index (χ1n) is 10.7. The first kappa shape index (κ1) is 18.8. The van der Waals surface area contributed by atoms with Gasteiger partial charge in [-0.2, -0.15) is 0 Å². The Morgan fingerprint density at radius 3 is 2.30 bits per heavy atom. The molecule has 2 atom stereocenters. The summed E-state index contributed by atoms with van der Waals surface area (Å²) in [5, 5.41) is 3.59. The van der Waals surface area contributed by atoms with Crippen molar-refractivity contribution < 1.29 is 4.74 Å². The molecular formula is C22H34N4O. The number of rotatable bonds is 4. The van der Waals surface area contributed by atoms with E-state index in [0.29, 0.717) is 0 Å². The van der Waals surface area contributed by atoms with Crippen molar-refractivity contribution in [1.82, 2.24) is 15.1 Å². The van der Waals surface area contributed by atoms with E-state index < -0.39 is 0 Å². The van der Waals surface area contributed by atoms with Crippen LogP contribution in [-0.4, -0.2) is 62.2 Å². The summed E-state index contributed by atoms with van der Waals surface area (Å²) in [6.45, 7) is 8.03. The monoisotopic (exact) mass is 370 g/mol. The number of ether oxygens (including phenoxy) is 1. The lowest BCUT2D eigenvalue weighted by atomic mass is 9.82. The quantitative estimate of drug-likeness (QED) is 0.653. The van der Waals surface area contributed by atoms with E-state index in [9.17, 15) is 0 Å². The second kappa shape index (κ2) is 9.07. The van der Waals surface area contributed by atoms with Gasteiger partial charge in [-0.25, -0.2) is 0 Å². The lowest BCUT2D eigenvalue weighted by Gasteiger charge is -2.26. The summed E-state index contributed by atoms with van der Waals surface area (Å²) in [5.74, 6) is 2.84. The van der Waals surface area contributed by atoms with E-state index in [1.165, 1.54) is 49.9 Å². The highest BCUT2D eigenvalue weighted by molar-refractivity contribution is 5.80. The highest BCUT2D eigenvalue weighted by Crippen LogP contribution is 2.35. The van der Waals surface area contributed by atoms with Gasteiger partial charge in [-0.05, 0) is 35.8 Å². The van der Waals surface area contributed by atoms with Gasteiger partial charge in [0.05, 0.1) is 13.2 Å². The third kappa shape index (κ3) is 4.82. The van der Waals surface area contributed by atoms with Gasteiger partial charge in [0.25, 0.3) is 0 Å². The van der Waals surface area contributed by atoms with Gasteiger partial charge < -0.3 is 15.0 Å². The largest absolute Gasteiger partial charge is 0.379 e. The van der Waals surface area contributed by atoms with Gasteiger partial charge in [-0.15, -0.1) is 0 Å². The molecule has 1 aromatic carbocycles. The molecular weight excluding hydrogens is 336 g/mol. The zero-order chi connectivity index (χ0) is 18.5. The fourth-order valence-electron chi connectivity index (χ4n) is 4.87. The topological polar surface area (TPSA) is 40.1 Å². The molecule has 3 fully saturated rings. The molecule has 2 saturated heterocycles. The zero-order valence-electron chi connectivity index (χ0n) is 16.7. The molecule has 1 aromatic rings. The summed E-state index contributed by atoms with van der Waals surface area (Å²) in [5.41, 5.74) is 2.70. The molecule has 5 nitrogen and oxygen atoms in total. The van der Waals surface area contributed by atoms with E-state index in [2.05, 4.69) is 44.4 Å². The molecule has 0 amide bonds. The maximum atomic E-state index is 5.43. The molecule has 3 aliphatic rings. The molecule has 2 heterocycles. The second-order valence-electron chi connectivity index (χ2n) is 8.32. The Hall–Kier alpha value is -1.59. The van der Waals surface area contributed by atoms with E-state index in [0.717, 1.165) is 57.2 Å². The van der Waals surface area contributed by atoms with Gasteiger partial charge >= 0.3 is 0 Å². The van der Waals surface area contributed by atoms with Crippen molar-refractivity contribution in [2.75, 3.05) is 46.4 Å². The van der Waals surface area contributed by atoms with Crippen LogP contribution in [0, 0.1) is 11.8 Å². The Morgan fingerprint density at radius 1 is 1.04 bits per heavy atom. The third-order valence-electron chi connectivity index (χ3n) is 6.47. The van der Waals surface area contributed by atoms with Crippen LogP contribution in [0.1, 0.15) is 36.8 Å². The molecule has 148 valence electrons. The van der Waals surface area contributed by atoms with Gasteiger partial charge in [0.15, 0.2) is 5.96 Å². The number of nitrogens with one attached hydrogen (secondary N) is 1. The molecule has 1 saturated carbocycles. The summed E-state index contributed by atoms with van der Waals surface area (Å²) < 4.78 is 5.43. The van der Waals surface area contributed by atoms with Gasteiger partial charge in [0, 0.05) is 46.3 Å². The zero-order valence-corrected chi connectivity index (χ0v) is 16.7. The number of hydrogen-bond donors (Lipinski definition) is 1. The summed E-state index contributed by atoms with van der Waals surface area (Å²) in [4.78, 5) is 9.49. The van der Waals surface area contributed by atoms with Gasteiger partial charge in [-0.3, -0.25) is 9.89 Å². The van der Waals surface area contributed by atoms with E-state index in [4.69, 9.17) is 4.74 Å². The fraction of sp³-hybridized carbons (Fsp3) is 0.682. The van der Waals surface area contributed by atoms with Crippen LogP contribution in [0.4, 0.5) is 0 Å². The SMILES string of the molecule is CN=C(NCc1ccc(CN2CCOCC2)cc1)N1CC2CCCCC2C1. The van der Waals surface area contributed by atoms with Crippen LogP contribution >= 0.6 is 0 Å². The maximum Gasteiger partial charge on any atom is 0.193 e. The summed E-state index contributed by atoms with van der Waals surface area (Å²) in [7, 11) is 1.91. The highest BCUT2D eigenvalue weighted by Gasteiger charge is 2.35. The average molecular weight is 371 g/mol. The second-order valence-corrected chi connectivity index (χ2v) is 8.32. The van der Waals surface area contributed by atoms with Crippen molar-refractivity contribution in [3.05, 3.63) is 35.4 Å². The minimum atomic E-state index is 0.844. The number of fused-ring (bicyclic) bond motifs is 1. The molecule has 5 heteroatoms. The van der Waals surface area contributed by atoms with Crippen molar-refractivity contribution in [3.63, 3.8) is 0 Å². The van der Waals surface area contributed by atoms with Crippen molar-refractivity contribution >= 4 is 5.96 Å². The van der Waals surface area contributed by atoms with E-state index in [1.807, 2.05) is 7.05 Å². The predicted molar refractivity (Wildman–Crippen MR) is 110 cm³/mol. The van der Waals surface area contributed by atoms with Crippen molar-refractivity contribution in [3.8, 4) is 0 Å². The molecule has 4 rings (SSSR count). The molecule has 0 bridgehead atoms. The molecule has 1 N–H and O–H groups in total. The molecule has 2 aliphatic heterocycles. The number of guanidine groups is 1. The van der Waals surface area contributed by atoms with Crippen molar-refractivity contribution in [2.24, 2.45) is 16.8 Å². The number of hydrogen-bond acceptors (Lipinski definition) is 3. The lowest BCUT2D eigenvalue weighted by Crippen LogP contribution is -2.39. The Bertz CT molecular complexity index is 610. The number of aliphatic imine (C=N–C) groups is 1. The average Bonchev–Trinajstić information content (AvgIpc) is 3.14. The summed E-state index contributed by atoms with van der Waals surface area (Å²) in [6, 6.07) is 9.03. The standard InChI is InChI=1S/C22H34N4O/c1-23-22(26-16-20-4-2-3-5-21(20)17-26)24-14-18-6-8-19(9-7-18)15-25-10-12-27-13-11-25/h6-9,20-21H,2-5,10-17H2,1H3,(H,23,24). The molecule has 2 unspecified atom stereocenters. The summed E-state index contributed by atoms with van der Waals surface area (Å²) in [6.07, 6.45) is 5.64. The van der Waals surface area contributed by atoms with E-state index >= 15 is 0 Å². The lowest BCUT2D eigenvalue weighted by molar-refractivity contribution is 0.0342. The van der Waals surface area contributed by atoms with Crippen molar-refractivity contribution in [2.45, 2.75) is 38.8 Å². The van der Waals surface area contributed by atoms with Crippen molar-refractivity contribution in [1.29, 1.82) is 0 Å². The predicted octanol–water partition coefficient (Wildman–Crippen LogP) is 2.72. The van der Waals surface area contributed by atoms with Crippen LogP contribution in [0.5, 0.6) is 0 Å². The highest BCUT2D eigenvalue weighted by atomic mass is 16.5. The van der Waals surface area contributed by atoms with E-state index in [-0.39, 0.29) is 0 Å². The summed E-state index contributed by atoms with van der Waals surface area (Å²) >= 11 is 0. The first-order valence-corrected chi connectivity index (χ1v) is 10.7. The molecule has 1 aliphatic carbocycles. The molecule has 0 spiro atoms. The van der Waals surface area contributed by atoms with E-state index in [1.54, 1.807) is 0 Å². The number of nitrogens with zero attached hydrogens (tertiary/aromatic N) is 3. The first-order chi connectivity index (χ1) is 13.3. The minimum Gasteiger partial charge on any atom is -0.379 e. The van der Waals surface area contributed by atoms with Crippen LogP contribution in [0.15, 0.2) is 29.3 Å². The van der Waals surface area contributed by atoms with Crippen LogP contribution < -0.4 is 5.32 Å². The van der Waals surface area contributed by atoms with Gasteiger partial charge in [-0.1, -0.05) is 37.1 Å². The number of likely N-dealkylation sites (tertiary alicyclic amines) is 1. The number of morpholine rings is 1. The Balaban J connectivity index is 1.27. The minimum absolute atomic E-state index is 0.844. The van der Waals surface area contributed by atoms with Crippen LogP contribution in [0.2, 0.25) is 0 Å². The Labute approximate surface area is 163 Å². The molecule has 27 heavy (non-hydrogen) atoms. The van der Waals surface area contributed by atoms with Gasteiger partial charge in [0.2, 0.25) is 0 Å². The van der Waals surface area contributed by atoms with Crippen LogP contribution in [-0.2, 0) is 17.8 Å². The number of benzene rings is 1. The Morgan fingerprint density at radius 2 is 1.67 bits per heavy atom. The van der Waals surface area contributed by atoms with Crippen LogP contribution in [0.3, 0.4) is 0 Å². The Kier molecular flexibility index (Phi) is 6.30. The fourth-order valence-corrected chi connectivity index (χ4v) is 4.87. The molecule has 0 radical (unpaired) electrons. The maximum absolute atomic E-state index is 5.43. The molecule has 0 aromatic heterocycles. The van der Waals surface area contributed by atoms with Gasteiger partial charge in [0.1, 0.15) is 0 Å². The third-order valence-corrected chi connectivity index (χ3v) is 6.47. The van der Waals surface area contributed by atoms with Crippen LogP contribution in [0.25, 0.3) is 0 Å². The smallest absolute Gasteiger partial charge is 0.193 e. The normalized spacial score (nSPS) is 26.9.